The second-order valence-corrected chi connectivity index (χ2v) is 33.1. The topological polar surface area (TPSA) is 6.48 Å². The molecule has 0 fully saturated rings. The van der Waals surface area contributed by atoms with Gasteiger partial charge in [0.25, 0.3) is 0 Å². The number of anilines is 6. The minimum atomic E-state index is -0.553. The first-order valence-electron chi connectivity index (χ1n) is 40.6. The van der Waals surface area contributed by atoms with E-state index in [1.54, 1.807) is 0 Å². The molecule has 2 aliphatic carbocycles. The summed E-state index contributed by atoms with van der Waals surface area (Å²) >= 11 is 3.76. The lowest BCUT2D eigenvalue weighted by Gasteiger charge is -2.34. The maximum atomic E-state index is 2.50. The Hall–Kier alpha value is -14.5. The summed E-state index contributed by atoms with van der Waals surface area (Å²) in [6.07, 6.45) is 0. The zero-order chi connectivity index (χ0) is 78.1. The predicted molar refractivity (Wildman–Crippen MR) is 502 cm³/mol. The number of rotatable bonds is 14. The molecule has 0 saturated carbocycles. The van der Waals surface area contributed by atoms with E-state index in [1.165, 1.54) is 162 Å². The van der Waals surface area contributed by atoms with E-state index < -0.39 is 10.8 Å². The van der Waals surface area contributed by atoms with Crippen LogP contribution in [0.3, 0.4) is 0 Å². The van der Waals surface area contributed by atoms with Crippen LogP contribution in [0.2, 0.25) is 0 Å². The van der Waals surface area contributed by atoms with Gasteiger partial charge in [-0.15, -0.1) is 22.7 Å². The molecule has 0 bridgehead atoms. The van der Waals surface area contributed by atoms with Gasteiger partial charge in [0.05, 0.1) is 10.8 Å². The molecule has 0 spiro atoms. The van der Waals surface area contributed by atoms with Crippen molar-refractivity contribution in [3.63, 3.8) is 0 Å². The van der Waals surface area contributed by atoms with Crippen molar-refractivity contribution in [3.05, 3.63) is 506 Å². The second-order valence-electron chi connectivity index (χ2n) is 30.9. The van der Waals surface area contributed by atoms with Gasteiger partial charge in [0.15, 0.2) is 0 Å². The molecule has 4 heteroatoms. The Morgan fingerprint density at radius 2 is 0.492 bits per heavy atom. The highest BCUT2D eigenvalue weighted by Gasteiger charge is 2.48. The monoisotopic (exact) mass is 1540 g/mol. The lowest BCUT2D eigenvalue weighted by Crippen LogP contribution is -2.28. The highest BCUT2D eigenvalue weighted by atomic mass is 32.1. The maximum Gasteiger partial charge on any atom is 0.0714 e. The molecular weight excluding hydrogens is 1460 g/mol. The lowest BCUT2D eigenvalue weighted by molar-refractivity contribution is 0.770. The van der Waals surface area contributed by atoms with Crippen LogP contribution in [-0.2, 0) is 10.8 Å². The van der Waals surface area contributed by atoms with Crippen LogP contribution in [0.25, 0.3) is 118 Å². The Bertz CT molecular complexity index is 7310. The third-order valence-corrected chi connectivity index (χ3v) is 26.7. The highest BCUT2D eigenvalue weighted by molar-refractivity contribution is 7.26. The van der Waals surface area contributed by atoms with E-state index in [4.69, 9.17) is 0 Å². The van der Waals surface area contributed by atoms with Gasteiger partial charge in [-0.2, -0.15) is 0 Å². The maximum absolute atomic E-state index is 2.50. The molecule has 23 rings (SSSR count). The van der Waals surface area contributed by atoms with Crippen LogP contribution < -0.4 is 9.80 Å². The van der Waals surface area contributed by atoms with E-state index >= 15 is 0 Å². The first-order chi connectivity index (χ1) is 58.5. The molecule has 19 aromatic carbocycles. The third kappa shape index (κ3) is 11.9. The molecule has 1 unspecified atom stereocenters. The van der Waals surface area contributed by atoms with E-state index in [-0.39, 0.29) is 0 Å². The molecule has 1 atom stereocenters. The van der Waals surface area contributed by atoms with Crippen molar-refractivity contribution in [2.24, 2.45) is 0 Å². The molecule has 21 aromatic rings. The molecule has 0 saturated heterocycles. The van der Waals surface area contributed by atoms with Gasteiger partial charge in [0.1, 0.15) is 0 Å². The summed E-state index contributed by atoms with van der Waals surface area (Å²) < 4.78 is 5.11. The standard InChI is InChI=1S/C65H43NS.C49H33NS/c1-4-16-44(17-5-1)47-30-33-54(34-31-47)66(55-27-15-25-49(39-55)46-20-8-3-9-21-46)56-35-37-59-58-36-32-53(42-63(58)67-64(59)43-56)65(52-26-14-24-48(38-52)45-18-6-2-7-19-45)61-29-13-12-28-57(61)60-40-50-22-10-11-23-51(50)41-62(60)65;1-4-15-34(16-5-1)35-17-14-22-39(31-35)50(38-20-8-3-9-21-38)40-28-29-43-44-32-37(27-30-47(44)51-48(43)33-40)49(36-18-6-2-7-19-36)45-25-12-10-23-41(45)42-24-11-13-26-46(42)49/h1-43H;1-33H. The van der Waals surface area contributed by atoms with Crippen molar-refractivity contribution in [1.29, 1.82) is 0 Å². The second kappa shape index (κ2) is 29.4. The zero-order valence-electron chi connectivity index (χ0n) is 64.6. The van der Waals surface area contributed by atoms with E-state index in [9.17, 15) is 0 Å². The van der Waals surface area contributed by atoms with E-state index in [0.717, 1.165) is 34.1 Å². The fraction of sp³-hybridized carbons (Fsp3) is 0.0175. The Balaban J connectivity index is 0.000000148. The largest absolute Gasteiger partial charge is 0.310 e. The Morgan fingerprint density at radius 3 is 1.03 bits per heavy atom. The molecule has 554 valence electrons. The summed E-state index contributed by atoms with van der Waals surface area (Å²) in [4.78, 5) is 4.78. The Labute approximate surface area is 695 Å². The minimum Gasteiger partial charge on any atom is -0.310 e. The van der Waals surface area contributed by atoms with Crippen molar-refractivity contribution >= 4 is 108 Å². The molecule has 2 nitrogen and oxygen atoms in total. The molecule has 0 radical (unpaired) electrons. The van der Waals surface area contributed by atoms with Gasteiger partial charge in [0.2, 0.25) is 0 Å². The van der Waals surface area contributed by atoms with Crippen molar-refractivity contribution in [1.82, 2.24) is 0 Å². The van der Waals surface area contributed by atoms with Crippen LogP contribution in [0.4, 0.5) is 34.1 Å². The van der Waals surface area contributed by atoms with Gasteiger partial charge in [-0.05, 0) is 231 Å². The van der Waals surface area contributed by atoms with E-state index in [1.807, 2.05) is 22.7 Å². The average Bonchev–Trinajstić information content (AvgIpc) is 1.55. The van der Waals surface area contributed by atoms with Crippen molar-refractivity contribution in [3.8, 4) is 66.8 Å². The number of fused-ring (bicyclic) bond motifs is 13. The van der Waals surface area contributed by atoms with Gasteiger partial charge in [-0.3, -0.25) is 0 Å². The van der Waals surface area contributed by atoms with Crippen LogP contribution in [0.15, 0.2) is 461 Å². The quantitative estimate of drug-likeness (QED) is 0.107. The summed E-state index contributed by atoms with van der Waals surface area (Å²) in [7, 11) is 0. The van der Waals surface area contributed by atoms with Gasteiger partial charge in [0, 0.05) is 74.5 Å². The van der Waals surface area contributed by atoms with Crippen LogP contribution in [0.1, 0.15) is 44.5 Å². The molecule has 2 aromatic heterocycles. The SMILES string of the molecule is c1ccc(-c2ccc(N(c3cccc(-c4ccccc4)c3)c3ccc4c(c3)sc3cc(C5(c6cccc(-c7ccccc7)c6)c6ccccc6-c6cc7ccccc7cc65)ccc34)cc2)cc1.c1ccc(-c2cccc(N(c3ccccc3)c3ccc4c(c3)sc3ccc(C5(c6ccccc6)c6ccccc6-c6ccccc65)cc34)c2)cc1. The van der Waals surface area contributed by atoms with Crippen molar-refractivity contribution < 1.29 is 0 Å². The molecule has 2 heterocycles. The Kier molecular flexibility index (Phi) is 17.5. The predicted octanol–water partition coefficient (Wildman–Crippen LogP) is 31.6. The number of thiophene rings is 2. The summed E-state index contributed by atoms with van der Waals surface area (Å²) in [5, 5.41) is 7.64. The first kappa shape index (κ1) is 70.1. The summed E-state index contributed by atoms with van der Waals surface area (Å²) in [6, 6.07) is 170. The van der Waals surface area contributed by atoms with Crippen LogP contribution in [0, 0.1) is 0 Å². The fourth-order valence-corrected chi connectivity index (χ4v) is 21.4. The average molecular weight is 1540 g/mol. The molecular formula is C114H76N2S2. The van der Waals surface area contributed by atoms with Gasteiger partial charge >= 0.3 is 0 Å². The Morgan fingerprint density at radius 1 is 0.161 bits per heavy atom. The molecule has 2 aliphatic rings. The van der Waals surface area contributed by atoms with Crippen molar-refractivity contribution in [2.45, 2.75) is 10.8 Å². The van der Waals surface area contributed by atoms with E-state index in [2.05, 4.69) is 471 Å². The van der Waals surface area contributed by atoms with E-state index in [0.29, 0.717) is 0 Å². The van der Waals surface area contributed by atoms with Crippen LogP contribution in [0.5, 0.6) is 0 Å². The highest BCUT2D eigenvalue weighted by Crippen LogP contribution is 2.60. The zero-order valence-corrected chi connectivity index (χ0v) is 66.2. The van der Waals surface area contributed by atoms with Crippen LogP contribution >= 0.6 is 22.7 Å². The molecule has 0 amide bonds. The van der Waals surface area contributed by atoms with Gasteiger partial charge < -0.3 is 9.80 Å². The number of hydrogen-bond acceptors (Lipinski definition) is 4. The normalized spacial score (nSPS) is 13.5. The minimum absolute atomic E-state index is 0.412. The van der Waals surface area contributed by atoms with Gasteiger partial charge in [-0.1, -0.05) is 352 Å². The molecule has 118 heavy (non-hydrogen) atoms. The summed E-state index contributed by atoms with van der Waals surface area (Å²) in [5.74, 6) is 0. The number of nitrogens with zero attached hydrogens (tertiary/aromatic N) is 2. The van der Waals surface area contributed by atoms with Gasteiger partial charge in [-0.25, -0.2) is 0 Å². The third-order valence-electron chi connectivity index (χ3n) is 24.4. The van der Waals surface area contributed by atoms with Crippen LogP contribution in [-0.4, -0.2) is 0 Å². The molecule has 0 N–H and O–H groups in total. The molecule has 0 aliphatic heterocycles. The number of para-hydroxylation sites is 1. The summed E-state index contributed by atoms with van der Waals surface area (Å²) in [6.45, 7) is 0. The smallest absolute Gasteiger partial charge is 0.0714 e. The first-order valence-corrected chi connectivity index (χ1v) is 42.2. The fourth-order valence-electron chi connectivity index (χ4n) is 19.1. The summed E-state index contributed by atoms with van der Waals surface area (Å²) in [5.41, 5.74) is 31.1. The lowest BCUT2D eigenvalue weighted by atomic mass is 9.67. The van der Waals surface area contributed by atoms with Crippen molar-refractivity contribution in [2.75, 3.05) is 9.80 Å². The number of hydrogen-bond donors (Lipinski definition) is 0. The number of benzene rings is 19.